The maximum absolute atomic E-state index is 14.0. The second-order valence-electron chi connectivity index (χ2n) is 8.21. The summed E-state index contributed by atoms with van der Waals surface area (Å²) in [6.45, 7) is 3.33. The molecule has 0 bridgehead atoms. The second kappa shape index (κ2) is 9.65. The summed E-state index contributed by atoms with van der Waals surface area (Å²) in [4.78, 5) is 19.9. The summed E-state index contributed by atoms with van der Waals surface area (Å²) in [5, 5.41) is 6.10. The van der Waals surface area contributed by atoms with Gasteiger partial charge in [0.15, 0.2) is 4.90 Å². The van der Waals surface area contributed by atoms with Gasteiger partial charge < -0.3 is 19.3 Å². The third-order valence-electron chi connectivity index (χ3n) is 6.07. The van der Waals surface area contributed by atoms with Crippen LogP contribution in [-0.4, -0.2) is 39.1 Å². The molecule has 1 aliphatic heterocycles. The summed E-state index contributed by atoms with van der Waals surface area (Å²) in [5.74, 6) is -0.378. The van der Waals surface area contributed by atoms with Gasteiger partial charge in [-0.2, -0.15) is 4.72 Å². The normalized spacial score (nSPS) is 17.6. The number of anilines is 2. The summed E-state index contributed by atoms with van der Waals surface area (Å²) in [5.41, 5.74) is 1.73. The van der Waals surface area contributed by atoms with Crippen molar-refractivity contribution in [3.63, 3.8) is 0 Å². The van der Waals surface area contributed by atoms with Crippen molar-refractivity contribution in [1.29, 1.82) is 0 Å². The Bertz CT molecular complexity index is 1280. The first-order chi connectivity index (χ1) is 16.5. The average Bonchev–Trinajstić information content (AvgIpc) is 3.60. The zero-order chi connectivity index (χ0) is 23.7. The number of nitrogens with one attached hydrogen (secondary N) is 2. The summed E-state index contributed by atoms with van der Waals surface area (Å²) in [7, 11) is 0. The molecular formula is C24H24FN5O2S2. The van der Waals surface area contributed by atoms with Crippen LogP contribution in [0.4, 0.5) is 15.2 Å². The van der Waals surface area contributed by atoms with Crippen molar-refractivity contribution in [2.24, 2.45) is 0 Å². The van der Waals surface area contributed by atoms with Crippen molar-refractivity contribution in [3.8, 4) is 0 Å². The highest BCUT2D eigenvalue weighted by Crippen LogP contribution is 2.26. The molecule has 2 N–H and O–H groups in total. The van der Waals surface area contributed by atoms with Crippen LogP contribution >= 0.6 is 11.3 Å². The molecule has 10 heteroatoms. The van der Waals surface area contributed by atoms with Crippen LogP contribution in [-0.2, 0) is 16.2 Å². The number of fused-ring (bicyclic) bond motifs is 1. The molecule has 3 heterocycles. The van der Waals surface area contributed by atoms with Crippen LogP contribution in [0.3, 0.4) is 0 Å². The lowest BCUT2D eigenvalue weighted by molar-refractivity contribution is -0.124. The Kier molecular flexibility index (Phi) is 6.44. The van der Waals surface area contributed by atoms with Gasteiger partial charge in [0.2, 0.25) is 11.0 Å². The third-order valence-corrected chi connectivity index (χ3v) is 7.97. The van der Waals surface area contributed by atoms with Gasteiger partial charge in [-0.15, -0.1) is 11.3 Å². The molecule has 0 spiro atoms. The summed E-state index contributed by atoms with van der Waals surface area (Å²) >= 11 is 0.0277. The SMILES string of the molecule is C[C@H](C(=O)N[C@H]1CCN(c2ccc([S+]([O-])Nc3nccs3)cc2)C1)n1ccc2c(F)cccc21. The number of thiazole rings is 1. The number of benzene rings is 2. The largest absolute Gasteiger partial charge is 0.588 e. The zero-order valence-corrected chi connectivity index (χ0v) is 20.1. The Morgan fingerprint density at radius 2 is 2.09 bits per heavy atom. The van der Waals surface area contributed by atoms with E-state index in [0.29, 0.717) is 27.5 Å². The first-order valence-electron chi connectivity index (χ1n) is 11.0. The Hall–Kier alpha value is -3.08. The quantitative estimate of drug-likeness (QED) is 0.371. The summed E-state index contributed by atoms with van der Waals surface area (Å²) in [6, 6.07) is 13.8. The zero-order valence-electron chi connectivity index (χ0n) is 18.5. The van der Waals surface area contributed by atoms with Crippen LogP contribution in [0.2, 0.25) is 0 Å². The first kappa shape index (κ1) is 22.7. The number of carbonyl (C=O) groups is 1. The van der Waals surface area contributed by atoms with Crippen LogP contribution in [0.1, 0.15) is 19.4 Å². The van der Waals surface area contributed by atoms with E-state index in [1.165, 1.54) is 17.4 Å². The van der Waals surface area contributed by atoms with E-state index in [1.807, 2.05) is 42.6 Å². The van der Waals surface area contributed by atoms with Gasteiger partial charge in [0.25, 0.3) is 0 Å². The minimum atomic E-state index is -1.37. The Morgan fingerprint density at radius 1 is 1.26 bits per heavy atom. The minimum absolute atomic E-state index is 0.0221. The molecule has 1 aliphatic rings. The van der Waals surface area contributed by atoms with E-state index >= 15 is 0 Å². The van der Waals surface area contributed by atoms with Gasteiger partial charge in [-0.25, -0.2) is 9.37 Å². The molecule has 4 aromatic rings. The minimum Gasteiger partial charge on any atom is -0.588 e. The highest BCUT2D eigenvalue weighted by molar-refractivity contribution is 7.93. The van der Waals surface area contributed by atoms with Crippen LogP contribution in [0, 0.1) is 5.82 Å². The Balaban J connectivity index is 1.18. The molecule has 7 nitrogen and oxygen atoms in total. The number of carbonyl (C=O) groups excluding carboxylic acids is 1. The van der Waals surface area contributed by atoms with Crippen LogP contribution < -0.4 is 14.9 Å². The molecule has 34 heavy (non-hydrogen) atoms. The first-order valence-corrected chi connectivity index (χ1v) is 13.0. The molecule has 1 fully saturated rings. The lowest BCUT2D eigenvalue weighted by Crippen LogP contribution is -2.40. The summed E-state index contributed by atoms with van der Waals surface area (Å²) < 4.78 is 31.2. The standard InChI is InChI=1S/C24H24FN5O2S2/c1-16(30-13-10-20-21(25)3-2-4-22(20)30)23(31)27-17-9-12-29(15-17)18-5-7-19(8-6-18)34(32)28-24-26-11-14-33-24/h2-8,10-11,13-14,16-17H,9,12,15H2,1H3,(H,26,28)(H,27,31)/t16-,17+,34?/m1/s1. The smallest absolute Gasteiger partial charge is 0.243 e. The van der Waals surface area contributed by atoms with Gasteiger partial charge in [-0.05, 0) is 55.8 Å². The molecule has 0 saturated carbocycles. The topological polar surface area (TPSA) is 85.2 Å². The van der Waals surface area contributed by atoms with Gasteiger partial charge >= 0.3 is 0 Å². The van der Waals surface area contributed by atoms with Gasteiger partial charge in [-0.3, -0.25) is 4.79 Å². The predicted octanol–water partition coefficient (Wildman–Crippen LogP) is 4.33. The predicted molar refractivity (Wildman–Crippen MR) is 134 cm³/mol. The number of nitrogens with zero attached hydrogens (tertiary/aromatic N) is 3. The van der Waals surface area contributed by atoms with E-state index in [4.69, 9.17) is 0 Å². The van der Waals surface area contributed by atoms with Crippen molar-refractivity contribution in [2.45, 2.75) is 30.3 Å². The molecule has 0 aliphatic carbocycles. The van der Waals surface area contributed by atoms with Gasteiger partial charge in [0.05, 0.1) is 5.52 Å². The molecule has 3 atom stereocenters. The highest BCUT2D eigenvalue weighted by atomic mass is 32.2. The van der Waals surface area contributed by atoms with Crippen molar-refractivity contribution in [2.75, 3.05) is 22.7 Å². The number of aromatic nitrogens is 2. The molecule has 1 saturated heterocycles. The number of halogens is 1. The van der Waals surface area contributed by atoms with Crippen LogP contribution in [0.15, 0.2) is 71.2 Å². The number of amides is 1. The maximum Gasteiger partial charge on any atom is 0.243 e. The van der Waals surface area contributed by atoms with Crippen LogP contribution in [0.5, 0.6) is 0 Å². The van der Waals surface area contributed by atoms with E-state index in [1.54, 1.807) is 29.1 Å². The molecule has 1 amide bonds. The summed E-state index contributed by atoms with van der Waals surface area (Å²) in [6.07, 6.45) is 4.25. The molecule has 1 unspecified atom stereocenters. The third kappa shape index (κ3) is 4.61. The lowest BCUT2D eigenvalue weighted by Gasteiger charge is -2.21. The molecule has 2 aromatic carbocycles. The molecule has 5 rings (SSSR count). The van der Waals surface area contributed by atoms with Gasteiger partial charge in [-0.1, -0.05) is 6.07 Å². The maximum atomic E-state index is 14.0. The number of hydrogen-bond donors (Lipinski definition) is 2. The second-order valence-corrected chi connectivity index (χ2v) is 10.3. The Morgan fingerprint density at radius 3 is 2.85 bits per heavy atom. The average molecular weight is 498 g/mol. The van der Waals surface area contributed by atoms with Crippen molar-refractivity contribution < 1.29 is 13.7 Å². The Labute approximate surface area is 203 Å². The van der Waals surface area contributed by atoms with Crippen molar-refractivity contribution in [3.05, 3.63) is 72.1 Å². The molecule has 176 valence electrons. The van der Waals surface area contributed by atoms with E-state index in [9.17, 15) is 13.7 Å². The van der Waals surface area contributed by atoms with Gasteiger partial charge in [0.1, 0.15) is 23.2 Å². The van der Waals surface area contributed by atoms with E-state index < -0.39 is 17.4 Å². The number of rotatable bonds is 7. The molecule has 0 radical (unpaired) electrons. The fraction of sp³-hybridized carbons (Fsp3) is 0.250. The van der Waals surface area contributed by atoms with Crippen molar-refractivity contribution in [1.82, 2.24) is 14.9 Å². The monoisotopic (exact) mass is 497 g/mol. The highest BCUT2D eigenvalue weighted by Gasteiger charge is 2.27. The molecule has 2 aromatic heterocycles. The number of hydrogen-bond acceptors (Lipinski definition) is 6. The lowest BCUT2D eigenvalue weighted by atomic mass is 10.2. The molecular weight excluding hydrogens is 473 g/mol. The van der Waals surface area contributed by atoms with E-state index in [2.05, 4.69) is 19.9 Å². The van der Waals surface area contributed by atoms with Gasteiger partial charge in [0, 0.05) is 48.0 Å². The van der Waals surface area contributed by atoms with Crippen LogP contribution in [0.25, 0.3) is 10.9 Å². The van der Waals surface area contributed by atoms with E-state index in [-0.39, 0.29) is 17.8 Å². The van der Waals surface area contributed by atoms with E-state index in [0.717, 1.165) is 18.7 Å². The fourth-order valence-corrected chi connectivity index (χ4v) is 5.75. The fourth-order valence-electron chi connectivity index (χ4n) is 4.24. The van der Waals surface area contributed by atoms with Crippen molar-refractivity contribution >= 4 is 50.3 Å².